The van der Waals surface area contributed by atoms with Crippen LogP contribution < -0.4 is 4.74 Å². The molecule has 0 radical (unpaired) electrons. The van der Waals surface area contributed by atoms with Gasteiger partial charge in [0.05, 0.1) is 12.3 Å². The Morgan fingerprint density at radius 2 is 2.18 bits per heavy atom. The van der Waals surface area contributed by atoms with Gasteiger partial charge in [0.1, 0.15) is 5.75 Å². The summed E-state index contributed by atoms with van der Waals surface area (Å²) in [5, 5.41) is 0. The van der Waals surface area contributed by atoms with Crippen LogP contribution in [0.3, 0.4) is 0 Å². The van der Waals surface area contributed by atoms with Crippen LogP contribution in [0.2, 0.25) is 0 Å². The Hall–Kier alpha value is -1.20. The van der Waals surface area contributed by atoms with Gasteiger partial charge >= 0.3 is 0 Å². The Balaban J connectivity index is 1.98. The van der Waals surface area contributed by atoms with Crippen molar-refractivity contribution in [2.75, 3.05) is 5.88 Å². The van der Waals surface area contributed by atoms with Gasteiger partial charge in [0, 0.05) is 24.1 Å². The minimum Gasteiger partial charge on any atom is -0.489 e. The third kappa shape index (κ3) is 3.94. The van der Waals surface area contributed by atoms with Crippen LogP contribution in [-0.4, -0.2) is 17.0 Å². The summed E-state index contributed by atoms with van der Waals surface area (Å²) >= 11 is 5.57. The van der Waals surface area contributed by atoms with Crippen molar-refractivity contribution >= 4 is 11.6 Å². The van der Waals surface area contributed by atoms with Gasteiger partial charge in [-0.2, -0.15) is 0 Å². The number of aromatic nitrogens is 1. The number of nitrogens with zero attached hydrogens (tertiary/aromatic N) is 1. The Kier molecular flexibility index (Phi) is 4.70. The lowest BCUT2D eigenvalue weighted by Crippen LogP contribution is -2.10. The molecular formula is C14H16ClNO. The molecule has 2 nitrogen and oxygen atoms in total. The van der Waals surface area contributed by atoms with E-state index in [9.17, 15) is 0 Å². The van der Waals surface area contributed by atoms with E-state index < -0.39 is 0 Å². The van der Waals surface area contributed by atoms with Crippen molar-refractivity contribution in [3.05, 3.63) is 24.0 Å². The SMILES string of the molecule is ClCCC#Cc1cncc(OC2CCCC2)c1. The van der Waals surface area contributed by atoms with Crippen LogP contribution in [0.1, 0.15) is 37.7 Å². The Labute approximate surface area is 107 Å². The van der Waals surface area contributed by atoms with Gasteiger partial charge in [0.2, 0.25) is 0 Å². The summed E-state index contributed by atoms with van der Waals surface area (Å²) in [6.45, 7) is 0. The normalized spacial score (nSPS) is 15.4. The average Bonchev–Trinajstić information content (AvgIpc) is 2.83. The molecule has 1 aromatic rings. The first-order chi connectivity index (χ1) is 8.38. The van der Waals surface area contributed by atoms with Crippen LogP contribution in [0.25, 0.3) is 0 Å². The third-order valence-corrected chi connectivity index (χ3v) is 2.96. The van der Waals surface area contributed by atoms with Crippen molar-refractivity contribution in [2.24, 2.45) is 0 Å². The zero-order chi connectivity index (χ0) is 11.9. The van der Waals surface area contributed by atoms with E-state index in [0.717, 1.165) is 24.2 Å². The summed E-state index contributed by atoms with van der Waals surface area (Å²) in [6, 6.07) is 1.95. The second-order valence-electron chi connectivity index (χ2n) is 4.17. The van der Waals surface area contributed by atoms with Crippen LogP contribution in [0.5, 0.6) is 5.75 Å². The average molecular weight is 250 g/mol. The van der Waals surface area contributed by atoms with Gasteiger partial charge in [-0.05, 0) is 31.7 Å². The second kappa shape index (κ2) is 6.51. The maximum Gasteiger partial charge on any atom is 0.139 e. The van der Waals surface area contributed by atoms with Gasteiger partial charge in [-0.15, -0.1) is 11.6 Å². The first-order valence-electron chi connectivity index (χ1n) is 6.05. The van der Waals surface area contributed by atoms with Crippen LogP contribution in [0, 0.1) is 11.8 Å². The molecule has 1 aromatic heterocycles. The molecule has 0 spiro atoms. The molecule has 2 rings (SSSR count). The quantitative estimate of drug-likeness (QED) is 0.605. The number of pyridine rings is 1. The number of ether oxygens (including phenoxy) is 1. The highest BCUT2D eigenvalue weighted by Gasteiger charge is 2.16. The maximum atomic E-state index is 5.87. The molecule has 0 saturated heterocycles. The van der Waals surface area contributed by atoms with Gasteiger partial charge in [-0.25, -0.2) is 0 Å². The monoisotopic (exact) mass is 249 g/mol. The zero-order valence-electron chi connectivity index (χ0n) is 9.79. The van der Waals surface area contributed by atoms with E-state index in [-0.39, 0.29) is 0 Å². The van der Waals surface area contributed by atoms with E-state index in [4.69, 9.17) is 16.3 Å². The second-order valence-corrected chi connectivity index (χ2v) is 4.55. The van der Waals surface area contributed by atoms with Gasteiger partial charge in [0.15, 0.2) is 0 Å². The van der Waals surface area contributed by atoms with Gasteiger partial charge < -0.3 is 4.74 Å². The van der Waals surface area contributed by atoms with Crippen LogP contribution in [0.4, 0.5) is 0 Å². The van der Waals surface area contributed by atoms with Gasteiger partial charge in [-0.1, -0.05) is 11.8 Å². The minimum absolute atomic E-state index is 0.364. The smallest absolute Gasteiger partial charge is 0.139 e. The summed E-state index contributed by atoms with van der Waals surface area (Å²) in [5.74, 6) is 7.43. The van der Waals surface area contributed by atoms with Crippen LogP contribution in [0.15, 0.2) is 18.5 Å². The fourth-order valence-electron chi connectivity index (χ4n) is 1.96. The lowest BCUT2D eigenvalue weighted by atomic mass is 10.2. The third-order valence-electron chi connectivity index (χ3n) is 2.77. The number of rotatable bonds is 3. The van der Waals surface area contributed by atoms with E-state index in [1.807, 2.05) is 6.07 Å². The Bertz CT molecular complexity index is 416. The number of halogens is 1. The number of hydrogen-bond acceptors (Lipinski definition) is 2. The number of hydrogen-bond donors (Lipinski definition) is 0. The van der Waals surface area contributed by atoms with Crippen molar-refractivity contribution in [1.82, 2.24) is 4.98 Å². The lowest BCUT2D eigenvalue weighted by Gasteiger charge is -2.12. The molecule has 0 N–H and O–H groups in total. The lowest BCUT2D eigenvalue weighted by molar-refractivity contribution is 0.209. The molecule has 0 amide bonds. The van der Waals surface area contributed by atoms with E-state index >= 15 is 0 Å². The highest BCUT2D eigenvalue weighted by Crippen LogP contribution is 2.23. The van der Waals surface area contributed by atoms with E-state index in [0.29, 0.717) is 18.4 Å². The summed E-state index contributed by atoms with van der Waals surface area (Å²) < 4.78 is 5.87. The van der Waals surface area contributed by atoms with Crippen molar-refractivity contribution in [1.29, 1.82) is 0 Å². The molecule has 0 atom stereocenters. The first-order valence-corrected chi connectivity index (χ1v) is 6.58. The zero-order valence-corrected chi connectivity index (χ0v) is 10.5. The summed E-state index contributed by atoms with van der Waals surface area (Å²) in [6.07, 6.45) is 9.43. The molecule has 1 fully saturated rings. The van der Waals surface area contributed by atoms with E-state index in [2.05, 4.69) is 16.8 Å². The molecule has 3 heteroatoms. The fraction of sp³-hybridized carbons (Fsp3) is 0.500. The maximum absolute atomic E-state index is 5.87. The molecule has 90 valence electrons. The molecule has 0 aliphatic heterocycles. The van der Waals surface area contributed by atoms with Crippen molar-refractivity contribution in [3.8, 4) is 17.6 Å². The minimum atomic E-state index is 0.364. The summed E-state index contributed by atoms with van der Waals surface area (Å²) in [4.78, 5) is 4.14. The van der Waals surface area contributed by atoms with Crippen LogP contribution >= 0.6 is 11.6 Å². The van der Waals surface area contributed by atoms with Crippen molar-refractivity contribution < 1.29 is 4.74 Å². The molecule has 1 heterocycles. The Morgan fingerprint density at radius 3 is 2.94 bits per heavy atom. The molecule has 0 unspecified atom stereocenters. The van der Waals surface area contributed by atoms with Crippen molar-refractivity contribution in [3.63, 3.8) is 0 Å². The van der Waals surface area contributed by atoms with Crippen molar-refractivity contribution in [2.45, 2.75) is 38.2 Å². The van der Waals surface area contributed by atoms with Crippen LogP contribution in [-0.2, 0) is 0 Å². The first kappa shape index (κ1) is 12.3. The standard InChI is InChI=1S/C14H16ClNO/c15-8-4-3-5-12-9-14(11-16-10-12)17-13-6-1-2-7-13/h9-11,13H,1-2,4,6-8H2. The number of alkyl halides is 1. The molecule has 1 saturated carbocycles. The fourth-order valence-corrected chi connectivity index (χ4v) is 2.06. The predicted octanol–water partition coefficient (Wildman–Crippen LogP) is 3.38. The molecule has 17 heavy (non-hydrogen) atoms. The molecule has 1 aliphatic rings. The van der Waals surface area contributed by atoms with E-state index in [1.54, 1.807) is 12.4 Å². The summed E-state index contributed by atoms with van der Waals surface area (Å²) in [7, 11) is 0. The molecule has 0 aromatic carbocycles. The van der Waals surface area contributed by atoms with Gasteiger partial charge in [0.25, 0.3) is 0 Å². The Morgan fingerprint density at radius 1 is 1.35 bits per heavy atom. The molecule has 1 aliphatic carbocycles. The predicted molar refractivity (Wildman–Crippen MR) is 69.3 cm³/mol. The van der Waals surface area contributed by atoms with E-state index in [1.165, 1.54) is 12.8 Å². The molecular weight excluding hydrogens is 234 g/mol. The largest absolute Gasteiger partial charge is 0.489 e. The van der Waals surface area contributed by atoms with Gasteiger partial charge in [-0.3, -0.25) is 4.98 Å². The highest BCUT2D eigenvalue weighted by molar-refractivity contribution is 6.18. The highest BCUT2D eigenvalue weighted by atomic mass is 35.5. The summed E-state index contributed by atoms with van der Waals surface area (Å²) in [5.41, 5.74) is 0.894. The molecule has 0 bridgehead atoms. The topological polar surface area (TPSA) is 22.1 Å².